The van der Waals surface area contributed by atoms with Gasteiger partial charge in [0.2, 0.25) is 11.8 Å². The van der Waals surface area contributed by atoms with Gasteiger partial charge in [0, 0.05) is 52.1 Å². The molecule has 0 aliphatic carbocycles. The van der Waals surface area contributed by atoms with Crippen LogP contribution < -0.4 is 10.6 Å². The Balaban J connectivity index is 1.83. The van der Waals surface area contributed by atoms with Gasteiger partial charge in [-0.1, -0.05) is 141 Å². The van der Waals surface area contributed by atoms with E-state index in [0.717, 1.165) is 78.0 Å². The number of carbonyl (C=O) groups excluding carboxylic acids is 2. The van der Waals surface area contributed by atoms with Crippen molar-refractivity contribution in [3.63, 3.8) is 0 Å². The van der Waals surface area contributed by atoms with Gasteiger partial charge in [0.05, 0.1) is 0 Å². The van der Waals surface area contributed by atoms with E-state index in [0.29, 0.717) is 12.8 Å². The lowest BCUT2D eigenvalue weighted by molar-refractivity contribution is -0.122. The normalized spacial score (nSPS) is 14.2. The molecule has 0 saturated carbocycles. The second-order valence-corrected chi connectivity index (χ2v) is 15.8. The summed E-state index contributed by atoms with van der Waals surface area (Å²) in [5.41, 5.74) is 0. The first-order valence-electron chi connectivity index (χ1n) is 22.9. The summed E-state index contributed by atoms with van der Waals surface area (Å²) in [6, 6.07) is 0. The number of unbranched alkanes of at least 4 members (excludes halogenated alkanes) is 22. The molecule has 0 unspecified atom stereocenters. The lowest BCUT2D eigenvalue weighted by Crippen LogP contribution is -2.47. The van der Waals surface area contributed by atoms with Crippen molar-refractivity contribution in [2.24, 2.45) is 0 Å². The van der Waals surface area contributed by atoms with Gasteiger partial charge in [0.1, 0.15) is 0 Å². The van der Waals surface area contributed by atoms with Crippen molar-refractivity contribution in [2.45, 2.75) is 206 Å². The van der Waals surface area contributed by atoms with Crippen molar-refractivity contribution in [3.05, 3.63) is 24.3 Å². The SMILES string of the molecule is CCCCCCCCC=CCCCCCCCC(=O)NCCCN1CCN(CCCNC(=O)CCCCCCCC=CCCCCCCCC)CC1. The van der Waals surface area contributed by atoms with Crippen LogP contribution in [0.2, 0.25) is 0 Å². The first-order chi connectivity index (χ1) is 25.7. The van der Waals surface area contributed by atoms with Crippen LogP contribution in [0.1, 0.15) is 206 Å². The van der Waals surface area contributed by atoms with Crippen molar-refractivity contribution >= 4 is 11.8 Å². The minimum atomic E-state index is 0.224. The van der Waals surface area contributed by atoms with E-state index in [1.165, 1.54) is 154 Å². The van der Waals surface area contributed by atoms with Crippen LogP contribution in [-0.2, 0) is 9.59 Å². The summed E-state index contributed by atoms with van der Waals surface area (Å²) in [6.45, 7) is 12.7. The molecule has 304 valence electrons. The number of carbonyl (C=O) groups is 2. The summed E-state index contributed by atoms with van der Waals surface area (Å²) < 4.78 is 0. The molecular formula is C46H88N4O2. The summed E-state index contributed by atoms with van der Waals surface area (Å²) in [6.07, 6.45) is 46.4. The highest BCUT2D eigenvalue weighted by Crippen LogP contribution is 2.12. The smallest absolute Gasteiger partial charge is 0.219 e. The molecule has 1 saturated heterocycles. The van der Waals surface area contributed by atoms with Crippen molar-refractivity contribution in [1.29, 1.82) is 0 Å². The average Bonchev–Trinajstić information content (AvgIpc) is 3.15. The van der Waals surface area contributed by atoms with Crippen molar-refractivity contribution < 1.29 is 9.59 Å². The number of allylic oxidation sites excluding steroid dienone is 4. The highest BCUT2D eigenvalue weighted by molar-refractivity contribution is 5.76. The van der Waals surface area contributed by atoms with Crippen LogP contribution in [-0.4, -0.2) is 74.0 Å². The van der Waals surface area contributed by atoms with E-state index in [2.05, 4.69) is 58.6 Å². The molecule has 52 heavy (non-hydrogen) atoms. The molecule has 1 aliphatic heterocycles. The molecule has 2 amide bonds. The fourth-order valence-corrected chi connectivity index (χ4v) is 7.19. The van der Waals surface area contributed by atoms with Gasteiger partial charge in [-0.2, -0.15) is 0 Å². The number of nitrogens with zero attached hydrogens (tertiary/aromatic N) is 2. The zero-order chi connectivity index (χ0) is 37.4. The molecule has 0 spiro atoms. The van der Waals surface area contributed by atoms with Gasteiger partial charge in [0.15, 0.2) is 0 Å². The molecular weight excluding hydrogens is 641 g/mol. The topological polar surface area (TPSA) is 64.7 Å². The van der Waals surface area contributed by atoms with Gasteiger partial charge in [-0.15, -0.1) is 0 Å². The summed E-state index contributed by atoms with van der Waals surface area (Å²) in [7, 11) is 0. The van der Waals surface area contributed by atoms with Gasteiger partial charge in [-0.05, 0) is 90.1 Å². The number of rotatable bonds is 38. The lowest BCUT2D eigenvalue weighted by atomic mass is 10.1. The van der Waals surface area contributed by atoms with Crippen molar-refractivity contribution in [3.8, 4) is 0 Å². The maximum absolute atomic E-state index is 12.2. The Labute approximate surface area is 324 Å². The molecule has 1 rings (SSSR count). The van der Waals surface area contributed by atoms with E-state index < -0.39 is 0 Å². The zero-order valence-electron chi connectivity index (χ0n) is 34.9. The number of hydrogen-bond acceptors (Lipinski definition) is 4. The molecule has 0 radical (unpaired) electrons. The maximum atomic E-state index is 12.2. The highest BCUT2D eigenvalue weighted by atomic mass is 16.2. The van der Waals surface area contributed by atoms with E-state index in [-0.39, 0.29) is 11.8 Å². The highest BCUT2D eigenvalue weighted by Gasteiger charge is 2.16. The molecule has 0 bridgehead atoms. The third-order valence-corrected chi connectivity index (χ3v) is 10.7. The first-order valence-corrected chi connectivity index (χ1v) is 22.9. The predicted octanol–water partition coefficient (Wildman–Crippen LogP) is 11.7. The lowest BCUT2D eigenvalue weighted by Gasteiger charge is -2.34. The summed E-state index contributed by atoms with van der Waals surface area (Å²) in [5, 5.41) is 6.28. The standard InChI is InChI=1S/C46H88N4O2/c1-3-5-7-9-11-13-15-17-19-21-23-25-27-29-31-35-45(51)47-37-33-39-49-41-43-50(44-42-49)40-34-38-48-46(52)36-32-30-28-26-24-22-20-18-16-14-12-10-8-6-4-2/h17-20H,3-16,21-44H2,1-2H3,(H,47,51)(H,48,52). The Morgan fingerprint density at radius 3 is 1.02 bits per heavy atom. The summed E-state index contributed by atoms with van der Waals surface area (Å²) in [4.78, 5) is 29.5. The van der Waals surface area contributed by atoms with Crippen LogP contribution in [0.5, 0.6) is 0 Å². The number of piperazine rings is 1. The minimum absolute atomic E-state index is 0.224. The van der Waals surface area contributed by atoms with Crippen molar-refractivity contribution in [1.82, 2.24) is 20.4 Å². The number of nitrogens with one attached hydrogen (secondary N) is 2. The van der Waals surface area contributed by atoms with E-state index in [1.807, 2.05) is 0 Å². The maximum Gasteiger partial charge on any atom is 0.219 e. The fourth-order valence-electron chi connectivity index (χ4n) is 7.19. The summed E-state index contributed by atoms with van der Waals surface area (Å²) in [5.74, 6) is 0.449. The Kier molecular flexibility index (Phi) is 36.3. The molecule has 1 aliphatic rings. The monoisotopic (exact) mass is 729 g/mol. The van der Waals surface area contributed by atoms with Crippen LogP contribution in [0, 0.1) is 0 Å². The molecule has 6 nitrogen and oxygen atoms in total. The zero-order valence-corrected chi connectivity index (χ0v) is 34.9. The molecule has 6 heteroatoms. The fraction of sp³-hybridized carbons (Fsp3) is 0.870. The molecule has 0 atom stereocenters. The second-order valence-electron chi connectivity index (χ2n) is 15.8. The largest absolute Gasteiger partial charge is 0.356 e. The van der Waals surface area contributed by atoms with E-state index in [9.17, 15) is 9.59 Å². The molecule has 0 aromatic carbocycles. The van der Waals surface area contributed by atoms with E-state index in [1.54, 1.807) is 0 Å². The van der Waals surface area contributed by atoms with Gasteiger partial charge in [0.25, 0.3) is 0 Å². The quantitative estimate of drug-likeness (QED) is 0.0491. The minimum Gasteiger partial charge on any atom is -0.356 e. The van der Waals surface area contributed by atoms with Crippen LogP contribution in [0.25, 0.3) is 0 Å². The van der Waals surface area contributed by atoms with Crippen LogP contribution in [0.4, 0.5) is 0 Å². The Morgan fingerprint density at radius 1 is 0.404 bits per heavy atom. The predicted molar refractivity (Wildman–Crippen MR) is 227 cm³/mol. The molecule has 0 aromatic heterocycles. The third-order valence-electron chi connectivity index (χ3n) is 10.7. The van der Waals surface area contributed by atoms with Gasteiger partial charge < -0.3 is 20.4 Å². The number of hydrogen-bond donors (Lipinski definition) is 2. The Morgan fingerprint density at radius 2 is 0.692 bits per heavy atom. The molecule has 1 heterocycles. The van der Waals surface area contributed by atoms with Gasteiger partial charge in [-0.3, -0.25) is 9.59 Å². The summed E-state index contributed by atoms with van der Waals surface area (Å²) >= 11 is 0. The second kappa shape index (κ2) is 39.0. The number of amides is 2. The molecule has 2 N–H and O–H groups in total. The Bertz CT molecular complexity index is 768. The van der Waals surface area contributed by atoms with E-state index >= 15 is 0 Å². The van der Waals surface area contributed by atoms with Crippen LogP contribution in [0.3, 0.4) is 0 Å². The van der Waals surface area contributed by atoms with Crippen LogP contribution >= 0.6 is 0 Å². The van der Waals surface area contributed by atoms with Gasteiger partial charge >= 0.3 is 0 Å². The molecule has 0 aromatic rings. The third kappa shape index (κ3) is 34.1. The Hall–Kier alpha value is -1.66. The first kappa shape index (κ1) is 48.4. The van der Waals surface area contributed by atoms with Crippen LogP contribution in [0.15, 0.2) is 24.3 Å². The average molecular weight is 729 g/mol. The van der Waals surface area contributed by atoms with Gasteiger partial charge in [-0.25, -0.2) is 0 Å². The molecule has 1 fully saturated rings. The van der Waals surface area contributed by atoms with E-state index in [4.69, 9.17) is 0 Å². The van der Waals surface area contributed by atoms with Crippen molar-refractivity contribution in [2.75, 3.05) is 52.4 Å².